The van der Waals surface area contributed by atoms with E-state index in [2.05, 4.69) is 22.1 Å². The van der Waals surface area contributed by atoms with Gasteiger partial charge in [-0.1, -0.05) is 30.3 Å². The molecule has 1 aromatic carbocycles. The van der Waals surface area contributed by atoms with Crippen LogP contribution in [0.2, 0.25) is 0 Å². The van der Waals surface area contributed by atoms with Crippen molar-refractivity contribution in [1.82, 2.24) is 9.80 Å². The molecular formula is C14H24ClN5. The van der Waals surface area contributed by atoms with Crippen LogP contribution in [0.25, 0.3) is 0 Å². The molecule has 0 radical (unpaired) electrons. The van der Waals surface area contributed by atoms with Crippen molar-refractivity contribution >= 4 is 24.3 Å². The molecule has 0 saturated carbocycles. The lowest BCUT2D eigenvalue weighted by atomic mass is 10.1. The Balaban J connectivity index is 0.00000361. The molecule has 0 heterocycles. The lowest BCUT2D eigenvalue weighted by Gasteiger charge is -2.19. The van der Waals surface area contributed by atoms with E-state index in [0.29, 0.717) is 11.9 Å². The maximum atomic E-state index is 5.81. The highest BCUT2D eigenvalue weighted by atomic mass is 35.5. The van der Waals surface area contributed by atoms with Crippen LogP contribution in [0.1, 0.15) is 5.56 Å². The smallest absolute Gasteiger partial charge is 0.223 e. The van der Waals surface area contributed by atoms with E-state index < -0.39 is 0 Å². The molecule has 0 amide bonds. The van der Waals surface area contributed by atoms with E-state index >= 15 is 0 Å². The van der Waals surface area contributed by atoms with Crippen LogP contribution in [-0.4, -0.2) is 56.5 Å². The number of halogens is 1. The van der Waals surface area contributed by atoms with Gasteiger partial charge in [-0.05, 0) is 12.0 Å². The Kier molecular flexibility index (Phi) is 8.40. The van der Waals surface area contributed by atoms with Gasteiger partial charge in [-0.25, -0.2) is 0 Å². The van der Waals surface area contributed by atoms with Gasteiger partial charge in [0.25, 0.3) is 0 Å². The van der Waals surface area contributed by atoms with Gasteiger partial charge in [-0.3, -0.25) is 4.99 Å². The third kappa shape index (κ3) is 5.93. The van der Waals surface area contributed by atoms with Crippen LogP contribution in [0, 0.1) is 0 Å². The SMILES string of the molecule is CN=C(N=C(N)N(C)C)N(C)CCc1ccccc1.Cl. The van der Waals surface area contributed by atoms with E-state index in [-0.39, 0.29) is 12.4 Å². The van der Waals surface area contributed by atoms with Crippen LogP contribution >= 0.6 is 12.4 Å². The van der Waals surface area contributed by atoms with Crippen LogP contribution in [0.3, 0.4) is 0 Å². The zero-order valence-corrected chi connectivity index (χ0v) is 13.4. The van der Waals surface area contributed by atoms with Gasteiger partial charge in [0.2, 0.25) is 5.96 Å². The summed E-state index contributed by atoms with van der Waals surface area (Å²) < 4.78 is 0. The molecule has 2 N–H and O–H groups in total. The number of likely N-dealkylation sites (N-methyl/N-ethyl adjacent to an activating group) is 1. The van der Waals surface area contributed by atoms with Gasteiger partial charge in [0.1, 0.15) is 0 Å². The fourth-order valence-corrected chi connectivity index (χ4v) is 1.55. The molecule has 5 nitrogen and oxygen atoms in total. The normalized spacial score (nSPS) is 11.8. The monoisotopic (exact) mass is 297 g/mol. The highest BCUT2D eigenvalue weighted by Crippen LogP contribution is 2.01. The minimum Gasteiger partial charge on any atom is -0.369 e. The first-order valence-electron chi connectivity index (χ1n) is 6.28. The van der Waals surface area contributed by atoms with Gasteiger partial charge in [-0.2, -0.15) is 4.99 Å². The minimum atomic E-state index is 0. The number of hydrogen-bond acceptors (Lipinski definition) is 1. The third-order valence-electron chi connectivity index (χ3n) is 2.79. The van der Waals surface area contributed by atoms with Crippen molar-refractivity contribution in [3.8, 4) is 0 Å². The number of nitrogens with zero attached hydrogens (tertiary/aromatic N) is 4. The summed E-state index contributed by atoms with van der Waals surface area (Å²) in [5, 5.41) is 0. The summed E-state index contributed by atoms with van der Waals surface area (Å²) in [6.45, 7) is 0.848. The van der Waals surface area contributed by atoms with E-state index in [9.17, 15) is 0 Å². The Bertz CT molecular complexity index is 442. The second-order valence-electron chi connectivity index (χ2n) is 4.55. The standard InChI is InChI=1S/C14H23N5.ClH/c1-16-14(17-13(15)18(2)3)19(4)11-10-12-8-6-5-7-9-12;/h5-9H,10-11H2,1-4H3,(H2,15,16,17);1H. The summed E-state index contributed by atoms with van der Waals surface area (Å²) in [4.78, 5) is 12.2. The molecule has 0 aromatic heterocycles. The predicted octanol–water partition coefficient (Wildman–Crippen LogP) is 1.44. The van der Waals surface area contributed by atoms with Gasteiger partial charge in [0.05, 0.1) is 0 Å². The van der Waals surface area contributed by atoms with Crippen molar-refractivity contribution in [3.63, 3.8) is 0 Å². The summed E-state index contributed by atoms with van der Waals surface area (Å²) >= 11 is 0. The van der Waals surface area contributed by atoms with E-state index in [1.807, 2.05) is 44.2 Å². The number of rotatable bonds is 3. The molecule has 112 valence electrons. The molecule has 6 heteroatoms. The van der Waals surface area contributed by atoms with Crippen molar-refractivity contribution in [2.75, 3.05) is 34.7 Å². The lowest BCUT2D eigenvalue weighted by Crippen LogP contribution is -2.35. The summed E-state index contributed by atoms with van der Waals surface area (Å²) in [5.74, 6) is 1.09. The van der Waals surface area contributed by atoms with Gasteiger partial charge < -0.3 is 15.5 Å². The third-order valence-corrected chi connectivity index (χ3v) is 2.79. The molecule has 0 unspecified atom stereocenters. The van der Waals surface area contributed by atoms with Crippen molar-refractivity contribution in [2.24, 2.45) is 15.7 Å². The van der Waals surface area contributed by atoms with Crippen LogP contribution in [0.4, 0.5) is 0 Å². The first-order chi connectivity index (χ1) is 9.04. The van der Waals surface area contributed by atoms with Crippen LogP contribution in [-0.2, 0) is 6.42 Å². The summed E-state index contributed by atoms with van der Waals surface area (Å²) in [7, 11) is 7.41. The molecule has 0 fully saturated rings. The maximum Gasteiger partial charge on any atom is 0.223 e. The zero-order valence-electron chi connectivity index (χ0n) is 12.6. The van der Waals surface area contributed by atoms with E-state index in [0.717, 1.165) is 13.0 Å². The van der Waals surface area contributed by atoms with Crippen molar-refractivity contribution in [1.29, 1.82) is 0 Å². The Morgan fingerprint density at radius 1 is 1.15 bits per heavy atom. The number of guanidine groups is 2. The van der Waals surface area contributed by atoms with Crippen molar-refractivity contribution in [3.05, 3.63) is 35.9 Å². The summed E-state index contributed by atoms with van der Waals surface area (Å²) in [6, 6.07) is 10.4. The fraction of sp³-hybridized carbons (Fsp3) is 0.429. The molecule has 0 atom stereocenters. The molecule has 1 rings (SSSR count). The average molecular weight is 298 g/mol. The van der Waals surface area contributed by atoms with E-state index in [1.54, 1.807) is 11.9 Å². The summed E-state index contributed by atoms with van der Waals surface area (Å²) in [6.07, 6.45) is 0.952. The first kappa shape index (κ1) is 18.2. The molecule has 0 spiro atoms. The van der Waals surface area contributed by atoms with Crippen molar-refractivity contribution in [2.45, 2.75) is 6.42 Å². The van der Waals surface area contributed by atoms with E-state index in [4.69, 9.17) is 5.73 Å². The van der Waals surface area contributed by atoms with Crippen molar-refractivity contribution < 1.29 is 0 Å². The highest BCUT2D eigenvalue weighted by Gasteiger charge is 2.06. The molecule has 0 bridgehead atoms. The lowest BCUT2D eigenvalue weighted by molar-refractivity contribution is 0.500. The van der Waals surface area contributed by atoms with Gasteiger partial charge in [-0.15, -0.1) is 12.4 Å². The molecular weight excluding hydrogens is 274 g/mol. The molecule has 0 aliphatic carbocycles. The highest BCUT2D eigenvalue weighted by molar-refractivity contribution is 5.93. The zero-order chi connectivity index (χ0) is 14.3. The average Bonchev–Trinajstić information content (AvgIpc) is 2.42. The van der Waals surface area contributed by atoms with Gasteiger partial charge in [0, 0.05) is 34.7 Å². The quantitative estimate of drug-likeness (QED) is 0.678. The molecule has 1 aromatic rings. The largest absolute Gasteiger partial charge is 0.369 e. The Labute approximate surface area is 127 Å². The molecule has 0 aliphatic heterocycles. The molecule has 20 heavy (non-hydrogen) atoms. The fourth-order valence-electron chi connectivity index (χ4n) is 1.55. The molecule has 0 saturated heterocycles. The predicted molar refractivity (Wildman–Crippen MR) is 88.7 cm³/mol. The number of nitrogens with two attached hydrogens (primary N) is 1. The van der Waals surface area contributed by atoms with Gasteiger partial charge in [0.15, 0.2) is 5.96 Å². The number of hydrogen-bond donors (Lipinski definition) is 1. The first-order valence-corrected chi connectivity index (χ1v) is 6.28. The van der Waals surface area contributed by atoms with Crippen LogP contribution < -0.4 is 5.73 Å². The van der Waals surface area contributed by atoms with Crippen LogP contribution in [0.15, 0.2) is 40.3 Å². The maximum absolute atomic E-state index is 5.81. The molecule has 0 aliphatic rings. The van der Waals surface area contributed by atoms with Crippen LogP contribution in [0.5, 0.6) is 0 Å². The second-order valence-corrected chi connectivity index (χ2v) is 4.55. The summed E-state index contributed by atoms with van der Waals surface area (Å²) in [5.41, 5.74) is 7.11. The number of aliphatic imine (C=N–C) groups is 2. The van der Waals surface area contributed by atoms with Gasteiger partial charge >= 0.3 is 0 Å². The Hall–Kier alpha value is -1.75. The van der Waals surface area contributed by atoms with E-state index in [1.165, 1.54) is 5.56 Å². The number of benzene rings is 1. The Morgan fingerprint density at radius 3 is 2.25 bits per heavy atom. The Morgan fingerprint density at radius 2 is 1.75 bits per heavy atom. The topological polar surface area (TPSA) is 57.2 Å². The minimum absolute atomic E-state index is 0. The second kappa shape index (κ2) is 9.20.